The van der Waals surface area contributed by atoms with Crippen LogP contribution in [0.4, 0.5) is 0 Å². The van der Waals surface area contributed by atoms with Crippen LogP contribution in [0.3, 0.4) is 0 Å². The van der Waals surface area contributed by atoms with Crippen LogP contribution in [0, 0.1) is 0 Å². The predicted octanol–water partition coefficient (Wildman–Crippen LogP) is -2.92. The van der Waals surface area contributed by atoms with Gasteiger partial charge in [-0.15, -0.1) is 0 Å². The fraction of sp³-hybridized carbons (Fsp3) is 0.333. The summed E-state index contributed by atoms with van der Waals surface area (Å²) in [6.45, 7) is -0.276. The first-order chi connectivity index (χ1) is 12.9. The van der Waals surface area contributed by atoms with Crippen molar-refractivity contribution in [1.82, 2.24) is 0 Å². The van der Waals surface area contributed by atoms with E-state index in [4.69, 9.17) is 9.47 Å². The molecule has 144 valence electrons. The lowest BCUT2D eigenvalue weighted by atomic mass is 10.1. The normalized spacial score (nSPS) is 30.0. The molecule has 1 saturated heterocycles. The van der Waals surface area contributed by atoms with E-state index in [1.54, 1.807) is 6.20 Å². The Morgan fingerprint density at radius 3 is 2.59 bits per heavy atom. The van der Waals surface area contributed by atoms with Crippen molar-refractivity contribution >= 4 is 11.9 Å². The molecule has 1 aromatic rings. The number of nitrogens with one attached hydrogen (secondary N) is 1. The van der Waals surface area contributed by atoms with E-state index in [-0.39, 0.29) is 30.0 Å². The number of phenolic OH excluding ortho intramolecular Hbond substituents is 1. The van der Waals surface area contributed by atoms with Crippen LogP contribution in [0.2, 0.25) is 0 Å². The molecule has 4 N–H and O–H groups in total. The Morgan fingerprint density at radius 2 is 1.93 bits per heavy atom. The molecular formula is C18H19NO8. The SMILES string of the molecule is O=C([O-])C1=CC=C[NH+](C2OC(COC(=O)c3ccc(O)cc3)C(O)C2O)C1. The predicted molar refractivity (Wildman–Crippen MR) is 87.1 cm³/mol. The number of quaternary nitrogens is 1. The van der Waals surface area contributed by atoms with Crippen molar-refractivity contribution in [3.8, 4) is 5.75 Å². The number of carboxylic acid groups (broad SMARTS) is 1. The molecule has 0 bridgehead atoms. The third-order valence-corrected chi connectivity index (χ3v) is 4.47. The minimum absolute atomic E-state index is 0.00889. The van der Waals surface area contributed by atoms with Crippen molar-refractivity contribution in [3.05, 3.63) is 53.8 Å². The van der Waals surface area contributed by atoms with Crippen molar-refractivity contribution < 1.29 is 44.4 Å². The zero-order valence-corrected chi connectivity index (χ0v) is 14.1. The molecule has 1 aromatic carbocycles. The molecule has 0 radical (unpaired) electrons. The summed E-state index contributed by atoms with van der Waals surface area (Å²) in [5.41, 5.74) is 0.255. The van der Waals surface area contributed by atoms with Gasteiger partial charge in [0.1, 0.15) is 31.1 Å². The highest BCUT2D eigenvalue weighted by atomic mass is 16.6. The molecule has 0 saturated carbocycles. The fourth-order valence-electron chi connectivity index (χ4n) is 2.99. The zero-order valence-electron chi connectivity index (χ0n) is 14.1. The van der Waals surface area contributed by atoms with E-state index >= 15 is 0 Å². The van der Waals surface area contributed by atoms with Crippen molar-refractivity contribution in [2.24, 2.45) is 0 Å². The maximum Gasteiger partial charge on any atom is 0.338 e. The van der Waals surface area contributed by atoms with Crippen LogP contribution >= 0.6 is 0 Å². The van der Waals surface area contributed by atoms with Gasteiger partial charge in [-0.25, -0.2) is 4.79 Å². The average molecular weight is 377 g/mol. The summed E-state index contributed by atoms with van der Waals surface area (Å²) in [5, 5.41) is 40.6. The van der Waals surface area contributed by atoms with Crippen LogP contribution in [-0.2, 0) is 14.3 Å². The first-order valence-corrected chi connectivity index (χ1v) is 8.29. The van der Waals surface area contributed by atoms with Gasteiger partial charge in [-0.1, -0.05) is 0 Å². The van der Waals surface area contributed by atoms with E-state index in [9.17, 15) is 30.0 Å². The molecule has 27 heavy (non-hydrogen) atoms. The Kier molecular flexibility index (Phi) is 5.57. The molecule has 2 heterocycles. The van der Waals surface area contributed by atoms with E-state index in [2.05, 4.69) is 0 Å². The average Bonchev–Trinajstić information content (AvgIpc) is 2.95. The highest BCUT2D eigenvalue weighted by Crippen LogP contribution is 2.20. The number of hydrogen-bond donors (Lipinski definition) is 4. The summed E-state index contributed by atoms with van der Waals surface area (Å²) < 4.78 is 10.7. The number of aliphatic carboxylic acids is 1. The van der Waals surface area contributed by atoms with Crippen molar-refractivity contribution in [1.29, 1.82) is 0 Å². The first-order valence-electron chi connectivity index (χ1n) is 8.29. The molecule has 0 amide bonds. The summed E-state index contributed by atoms with van der Waals surface area (Å²) in [7, 11) is 0. The van der Waals surface area contributed by atoms with Gasteiger partial charge in [0.2, 0.25) is 6.23 Å². The van der Waals surface area contributed by atoms with Crippen molar-refractivity contribution in [2.75, 3.05) is 13.2 Å². The summed E-state index contributed by atoms with van der Waals surface area (Å²) in [4.78, 5) is 23.5. The molecule has 0 aromatic heterocycles. The van der Waals surface area contributed by atoms with E-state index in [0.29, 0.717) is 4.90 Å². The molecule has 9 nitrogen and oxygen atoms in total. The Balaban J connectivity index is 1.59. The summed E-state index contributed by atoms with van der Waals surface area (Å²) >= 11 is 0. The number of phenols is 1. The Hall–Kier alpha value is -2.72. The van der Waals surface area contributed by atoms with Crippen LogP contribution in [0.25, 0.3) is 0 Å². The smallest absolute Gasteiger partial charge is 0.338 e. The number of carboxylic acids is 1. The Morgan fingerprint density at radius 1 is 1.22 bits per heavy atom. The highest BCUT2D eigenvalue weighted by Gasteiger charge is 2.48. The van der Waals surface area contributed by atoms with Gasteiger partial charge in [0.15, 0.2) is 6.10 Å². The second kappa shape index (κ2) is 7.89. The molecule has 1 fully saturated rings. The van der Waals surface area contributed by atoms with E-state index in [1.165, 1.54) is 36.4 Å². The minimum Gasteiger partial charge on any atom is -0.545 e. The molecule has 2 aliphatic rings. The third-order valence-electron chi connectivity index (χ3n) is 4.47. The maximum absolute atomic E-state index is 12.0. The van der Waals surface area contributed by atoms with Gasteiger partial charge in [-0.2, -0.15) is 0 Å². The molecular weight excluding hydrogens is 358 g/mol. The van der Waals surface area contributed by atoms with Gasteiger partial charge in [0.05, 0.1) is 17.7 Å². The molecule has 2 aliphatic heterocycles. The second-order valence-corrected chi connectivity index (χ2v) is 6.31. The lowest BCUT2D eigenvalue weighted by Gasteiger charge is -2.26. The fourth-order valence-corrected chi connectivity index (χ4v) is 2.99. The van der Waals surface area contributed by atoms with Gasteiger partial charge in [-0.3, -0.25) is 4.90 Å². The number of aromatic hydroxyl groups is 1. The van der Waals surface area contributed by atoms with Gasteiger partial charge in [0, 0.05) is 5.57 Å². The number of esters is 1. The lowest BCUT2D eigenvalue weighted by molar-refractivity contribution is -0.898. The van der Waals surface area contributed by atoms with Crippen LogP contribution < -0.4 is 10.0 Å². The summed E-state index contributed by atoms with van der Waals surface area (Å²) in [6.07, 6.45) is 0.0283. The standard InChI is InChI=1S/C18H19NO8/c20-12-5-3-10(4-6-12)18(25)26-9-13-14(21)15(22)16(27-13)19-7-1-2-11(8-19)17(23)24/h1-7,13-16,20-22H,8-9H2,(H,23,24). The number of carbonyl (C=O) groups excluding carboxylic acids is 2. The largest absolute Gasteiger partial charge is 0.545 e. The lowest BCUT2D eigenvalue weighted by Crippen LogP contribution is -3.13. The number of benzene rings is 1. The Bertz CT molecular complexity index is 772. The number of carbonyl (C=O) groups is 2. The quantitative estimate of drug-likeness (QED) is 0.400. The van der Waals surface area contributed by atoms with Gasteiger partial charge in [-0.05, 0) is 36.4 Å². The number of allylic oxidation sites excluding steroid dienone is 2. The number of aliphatic hydroxyl groups is 2. The molecule has 5 unspecified atom stereocenters. The van der Waals surface area contributed by atoms with E-state index in [0.717, 1.165) is 0 Å². The molecule has 9 heteroatoms. The number of ether oxygens (including phenoxy) is 2. The van der Waals surface area contributed by atoms with Gasteiger partial charge >= 0.3 is 5.97 Å². The van der Waals surface area contributed by atoms with Crippen molar-refractivity contribution in [2.45, 2.75) is 24.5 Å². The highest BCUT2D eigenvalue weighted by molar-refractivity contribution is 5.89. The zero-order chi connectivity index (χ0) is 19.6. The number of hydrogen-bond acceptors (Lipinski definition) is 8. The number of rotatable bonds is 5. The monoisotopic (exact) mass is 377 g/mol. The maximum atomic E-state index is 12.0. The van der Waals surface area contributed by atoms with Gasteiger partial charge < -0.3 is 34.7 Å². The van der Waals surface area contributed by atoms with Gasteiger partial charge in [0.25, 0.3) is 0 Å². The minimum atomic E-state index is -1.32. The molecule has 0 spiro atoms. The van der Waals surface area contributed by atoms with E-state index in [1.807, 2.05) is 0 Å². The topological polar surface area (TPSA) is 141 Å². The third kappa shape index (κ3) is 4.17. The number of aliphatic hydroxyl groups excluding tert-OH is 2. The second-order valence-electron chi connectivity index (χ2n) is 6.31. The van der Waals surface area contributed by atoms with Crippen LogP contribution in [-0.4, -0.2) is 64.9 Å². The van der Waals surface area contributed by atoms with Crippen molar-refractivity contribution in [3.63, 3.8) is 0 Å². The first kappa shape index (κ1) is 19.1. The van der Waals surface area contributed by atoms with Crippen LogP contribution in [0.15, 0.2) is 48.2 Å². The van der Waals surface area contributed by atoms with Crippen LogP contribution in [0.1, 0.15) is 10.4 Å². The summed E-state index contributed by atoms with van der Waals surface area (Å²) in [6, 6.07) is 5.45. The summed E-state index contributed by atoms with van der Waals surface area (Å²) in [5.74, 6) is -1.98. The Labute approximate surface area is 154 Å². The molecule has 0 aliphatic carbocycles. The van der Waals surface area contributed by atoms with Crippen LogP contribution in [0.5, 0.6) is 5.75 Å². The molecule has 3 rings (SSSR count). The molecule has 5 atom stereocenters. The van der Waals surface area contributed by atoms with E-state index < -0.39 is 36.5 Å².